The number of nitrogens with zero attached hydrogens (tertiary/aromatic N) is 2. The highest BCUT2D eigenvalue weighted by Gasteiger charge is 2.26. The van der Waals surface area contributed by atoms with E-state index in [1.807, 2.05) is 24.0 Å². The van der Waals surface area contributed by atoms with Crippen LogP contribution in [0.2, 0.25) is 0 Å². The number of amides is 2. The average Bonchev–Trinajstić information content (AvgIpc) is 2.54. The predicted molar refractivity (Wildman–Crippen MR) is 92.4 cm³/mol. The molecule has 1 atom stereocenters. The summed E-state index contributed by atoms with van der Waals surface area (Å²) in [4.78, 5) is 27.7. The molecule has 126 valence electrons. The van der Waals surface area contributed by atoms with E-state index in [-0.39, 0.29) is 17.9 Å². The van der Waals surface area contributed by atoms with Gasteiger partial charge in [-0.3, -0.25) is 14.5 Å². The number of piperazine rings is 1. The van der Waals surface area contributed by atoms with Crippen LogP contribution in [-0.4, -0.2) is 53.8 Å². The molecule has 1 N–H and O–H groups in total. The number of anilines is 1. The van der Waals surface area contributed by atoms with Crippen molar-refractivity contribution in [2.24, 2.45) is 0 Å². The van der Waals surface area contributed by atoms with E-state index in [2.05, 4.69) is 36.2 Å². The van der Waals surface area contributed by atoms with Crippen LogP contribution in [0.4, 0.5) is 5.69 Å². The second-order valence-electron chi connectivity index (χ2n) is 6.48. The largest absolute Gasteiger partial charge is 0.340 e. The van der Waals surface area contributed by atoms with Crippen molar-refractivity contribution in [1.82, 2.24) is 9.80 Å². The third-order valence-corrected chi connectivity index (χ3v) is 4.53. The molecule has 0 spiro atoms. The second-order valence-corrected chi connectivity index (χ2v) is 6.48. The Morgan fingerprint density at radius 2 is 1.57 bits per heavy atom. The summed E-state index contributed by atoms with van der Waals surface area (Å²) in [6.07, 6.45) is 0. The van der Waals surface area contributed by atoms with E-state index in [4.69, 9.17) is 0 Å². The van der Waals surface area contributed by atoms with Crippen LogP contribution in [0.25, 0.3) is 0 Å². The number of benzene rings is 1. The maximum atomic E-state index is 12.4. The van der Waals surface area contributed by atoms with Crippen LogP contribution in [0, 0.1) is 0 Å². The minimum Gasteiger partial charge on any atom is -0.340 e. The van der Waals surface area contributed by atoms with E-state index < -0.39 is 0 Å². The van der Waals surface area contributed by atoms with Crippen molar-refractivity contribution in [1.29, 1.82) is 0 Å². The molecule has 0 aliphatic carbocycles. The minimum absolute atomic E-state index is 0.00132. The van der Waals surface area contributed by atoms with Gasteiger partial charge in [0.05, 0.1) is 6.04 Å². The maximum Gasteiger partial charge on any atom is 0.241 e. The van der Waals surface area contributed by atoms with Gasteiger partial charge in [0.1, 0.15) is 0 Å². The lowest BCUT2D eigenvalue weighted by Gasteiger charge is -2.37. The number of nitrogens with one attached hydrogen (secondary N) is 1. The molecule has 5 nitrogen and oxygen atoms in total. The highest BCUT2D eigenvalue weighted by atomic mass is 16.2. The van der Waals surface area contributed by atoms with Crippen molar-refractivity contribution >= 4 is 17.5 Å². The fourth-order valence-electron chi connectivity index (χ4n) is 2.79. The summed E-state index contributed by atoms with van der Waals surface area (Å²) in [6.45, 7) is 10.7. The van der Waals surface area contributed by atoms with E-state index in [1.54, 1.807) is 6.92 Å². The lowest BCUT2D eigenvalue weighted by molar-refractivity contribution is -0.131. The topological polar surface area (TPSA) is 52.7 Å². The SMILES string of the molecule is CC(=O)N1CCN(C(C)C(=O)Nc2ccc(C(C)C)cc2)CC1. The van der Waals surface area contributed by atoms with Crippen molar-refractivity contribution in [2.45, 2.75) is 39.7 Å². The van der Waals surface area contributed by atoms with E-state index in [0.717, 1.165) is 18.8 Å². The van der Waals surface area contributed by atoms with Crippen LogP contribution in [0.15, 0.2) is 24.3 Å². The standard InChI is InChI=1S/C18H27N3O2/c1-13(2)16-5-7-17(8-6-16)19-18(23)14(3)20-9-11-21(12-10-20)15(4)22/h5-8,13-14H,9-12H2,1-4H3,(H,19,23). The molecule has 1 saturated heterocycles. The number of carbonyl (C=O) groups is 2. The van der Waals surface area contributed by atoms with Gasteiger partial charge >= 0.3 is 0 Å². The Kier molecular flexibility index (Phi) is 5.77. The van der Waals surface area contributed by atoms with Crippen LogP contribution < -0.4 is 5.32 Å². The third-order valence-electron chi connectivity index (χ3n) is 4.53. The fourth-order valence-corrected chi connectivity index (χ4v) is 2.79. The van der Waals surface area contributed by atoms with Crippen LogP contribution in [0.1, 0.15) is 39.2 Å². The second kappa shape index (κ2) is 7.59. The molecule has 1 aliphatic rings. The molecule has 1 aromatic carbocycles. The molecule has 1 fully saturated rings. The zero-order valence-corrected chi connectivity index (χ0v) is 14.5. The molecular weight excluding hydrogens is 290 g/mol. The molecule has 0 radical (unpaired) electrons. The molecule has 5 heteroatoms. The van der Waals surface area contributed by atoms with Crippen LogP contribution >= 0.6 is 0 Å². The quantitative estimate of drug-likeness (QED) is 0.927. The lowest BCUT2D eigenvalue weighted by Crippen LogP contribution is -2.53. The van der Waals surface area contributed by atoms with Gasteiger partial charge in [-0.1, -0.05) is 26.0 Å². The van der Waals surface area contributed by atoms with Crippen LogP contribution in [0.5, 0.6) is 0 Å². The Balaban J connectivity index is 1.89. The Hall–Kier alpha value is -1.88. The van der Waals surface area contributed by atoms with Gasteiger partial charge in [-0.2, -0.15) is 0 Å². The normalized spacial score (nSPS) is 17.2. The van der Waals surface area contributed by atoms with E-state index in [9.17, 15) is 9.59 Å². The summed E-state index contributed by atoms with van der Waals surface area (Å²) in [6, 6.07) is 7.81. The van der Waals surface area contributed by atoms with Gasteiger partial charge in [0.25, 0.3) is 0 Å². The summed E-state index contributed by atoms with van der Waals surface area (Å²) in [5, 5.41) is 2.98. The maximum absolute atomic E-state index is 12.4. The van der Waals surface area contributed by atoms with Gasteiger partial charge in [-0.15, -0.1) is 0 Å². The summed E-state index contributed by atoms with van der Waals surface area (Å²) >= 11 is 0. The fraction of sp³-hybridized carbons (Fsp3) is 0.556. The zero-order valence-electron chi connectivity index (χ0n) is 14.5. The minimum atomic E-state index is -0.200. The van der Waals surface area contributed by atoms with Crippen molar-refractivity contribution < 1.29 is 9.59 Å². The van der Waals surface area contributed by atoms with Crippen molar-refractivity contribution in [2.75, 3.05) is 31.5 Å². The highest BCUT2D eigenvalue weighted by molar-refractivity contribution is 5.94. The smallest absolute Gasteiger partial charge is 0.241 e. The molecule has 2 amide bonds. The first-order chi connectivity index (χ1) is 10.9. The summed E-state index contributed by atoms with van der Waals surface area (Å²) in [7, 11) is 0. The molecular formula is C18H27N3O2. The van der Waals surface area contributed by atoms with Crippen molar-refractivity contribution in [3.63, 3.8) is 0 Å². The van der Waals surface area contributed by atoms with Crippen molar-refractivity contribution in [3.8, 4) is 0 Å². The first-order valence-corrected chi connectivity index (χ1v) is 8.29. The number of rotatable bonds is 4. The van der Waals surface area contributed by atoms with Gasteiger partial charge < -0.3 is 10.2 Å². The molecule has 0 saturated carbocycles. The van der Waals surface area contributed by atoms with Crippen molar-refractivity contribution in [3.05, 3.63) is 29.8 Å². The summed E-state index contributed by atoms with van der Waals surface area (Å²) in [5.41, 5.74) is 2.09. The molecule has 1 aliphatic heterocycles. The van der Waals surface area contributed by atoms with Gasteiger partial charge in [0.15, 0.2) is 0 Å². The van der Waals surface area contributed by atoms with E-state index in [1.165, 1.54) is 5.56 Å². The Morgan fingerprint density at radius 3 is 2.04 bits per heavy atom. The molecule has 0 bridgehead atoms. The third kappa shape index (κ3) is 4.55. The zero-order chi connectivity index (χ0) is 17.0. The lowest BCUT2D eigenvalue weighted by atomic mass is 10.0. The Morgan fingerprint density at radius 1 is 1.00 bits per heavy atom. The van der Waals surface area contributed by atoms with Gasteiger partial charge in [-0.05, 0) is 30.5 Å². The summed E-state index contributed by atoms with van der Waals surface area (Å²) < 4.78 is 0. The van der Waals surface area contributed by atoms with Gasteiger partial charge in [-0.25, -0.2) is 0 Å². The molecule has 1 aromatic rings. The van der Waals surface area contributed by atoms with Crippen LogP contribution in [-0.2, 0) is 9.59 Å². The van der Waals surface area contributed by atoms with E-state index >= 15 is 0 Å². The highest BCUT2D eigenvalue weighted by Crippen LogP contribution is 2.17. The average molecular weight is 317 g/mol. The Bertz CT molecular complexity index is 546. The monoisotopic (exact) mass is 317 g/mol. The number of hydrogen-bond donors (Lipinski definition) is 1. The number of hydrogen-bond acceptors (Lipinski definition) is 3. The summed E-state index contributed by atoms with van der Waals surface area (Å²) in [5.74, 6) is 0.585. The Labute approximate surface area is 138 Å². The predicted octanol–water partition coefficient (Wildman–Crippen LogP) is 2.30. The first-order valence-electron chi connectivity index (χ1n) is 8.29. The van der Waals surface area contributed by atoms with Gasteiger partial charge in [0.2, 0.25) is 11.8 Å². The molecule has 23 heavy (non-hydrogen) atoms. The molecule has 2 rings (SSSR count). The van der Waals surface area contributed by atoms with E-state index in [0.29, 0.717) is 19.0 Å². The molecule has 1 unspecified atom stereocenters. The molecule has 1 heterocycles. The first kappa shape index (κ1) is 17.5. The van der Waals surface area contributed by atoms with Gasteiger partial charge in [0, 0.05) is 38.8 Å². The van der Waals surface area contributed by atoms with Crippen LogP contribution in [0.3, 0.4) is 0 Å². The number of carbonyl (C=O) groups excluding carboxylic acids is 2. The molecule has 0 aromatic heterocycles.